The van der Waals surface area contributed by atoms with Crippen molar-refractivity contribution < 1.29 is 9.72 Å². The van der Waals surface area contributed by atoms with Crippen LogP contribution in [0.15, 0.2) is 60.4 Å². The first-order valence-corrected chi connectivity index (χ1v) is 4.88. The highest BCUT2D eigenvalue weighted by Gasteiger charge is 2.13. The van der Waals surface area contributed by atoms with Crippen LogP contribution in [-0.4, -0.2) is 10.7 Å². The first-order valence-electron chi connectivity index (χ1n) is 4.88. The second kappa shape index (κ2) is 6.37. The van der Waals surface area contributed by atoms with Crippen LogP contribution >= 0.6 is 0 Å². The molecule has 0 saturated carbocycles. The Balaban J connectivity index is 4.91. The molecule has 0 heterocycles. The van der Waals surface area contributed by atoms with Crippen LogP contribution in [0, 0.1) is 10.1 Å². The summed E-state index contributed by atoms with van der Waals surface area (Å²) in [7, 11) is 0. The molecule has 4 heteroatoms. The van der Waals surface area contributed by atoms with Gasteiger partial charge < -0.3 is 0 Å². The molecule has 90 valence electrons. The fourth-order valence-electron chi connectivity index (χ4n) is 1.01. The smallest absolute Gasteiger partial charge is 0.243 e. The van der Waals surface area contributed by atoms with E-state index in [9.17, 15) is 14.9 Å². The molecule has 0 aromatic heterocycles. The lowest BCUT2D eigenvalue weighted by Gasteiger charge is -2.04. The molecule has 0 aromatic carbocycles. The van der Waals surface area contributed by atoms with Gasteiger partial charge in [-0.2, -0.15) is 0 Å². The van der Waals surface area contributed by atoms with Crippen LogP contribution < -0.4 is 0 Å². The maximum Gasteiger partial charge on any atom is 0.243 e. The molecule has 0 aliphatic rings. The van der Waals surface area contributed by atoms with Gasteiger partial charge in [0.1, 0.15) is 0 Å². The van der Waals surface area contributed by atoms with Gasteiger partial charge in [-0.05, 0) is 12.5 Å². The van der Waals surface area contributed by atoms with Gasteiger partial charge in [0.15, 0.2) is 5.78 Å². The molecule has 0 aliphatic heterocycles. The Hall–Kier alpha value is -2.23. The molecule has 0 fully saturated rings. The zero-order valence-electron chi connectivity index (χ0n) is 10.0. The molecule has 0 N–H and O–H groups in total. The number of nitrogens with zero attached hydrogens (tertiary/aromatic N) is 1. The molecule has 0 amide bonds. The van der Waals surface area contributed by atoms with Crippen molar-refractivity contribution in [2.45, 2.75) is 13.8 Å². The monoisotopic (exact) mass is 233 g/mol. The van der Waals surface area contributed by atoms with Gasteiger partial charge in [0.2, 0.25) is 5.70 Å². The average Bonchev–Trinajstić information content (AvgIpc) is 2.26. The molecule has 4 nitrogen and oxygen atoms in total. The normalized spacial score (nSPS) is 11.3. The quantitative estimate of drug-likeness (QED) is 0.306. The van der Waals surface area contributed by atoms with E-state index in [1.807, 2.05) is 0 Å². The number of ketones is 1. The van der Waals surface area contributed by atoms with E-state index in [-0.39, 0.29) is 28.2 Å². The summed E-state index contributed by atoms with van der Waals surface area (Å²) in [6.45, 7) is 13.8. The van der Waals surface area contributed by atoms with Crippen molar-refractivity contribution in [1.82, 2.24) is 0 Å². The van der Waals surface area contributed by atoms with Gasteiger partial charge in [-0.25, -0.2) is 0 Å². The third kappa shape index (κ3) is 4.42. The van der Waals surface area contributed by atoms with Crippen LogP contribution in [0.2, 0.25) is 0 Å². The molecule has 0 rings (SSSR count). The zero-order chi connectivity index (χ0) is 13.6. The lowest BCUT2D eigenvalue weighted by atomic mass is 9.99. The van der Waals surface area contributed by atoms with Gasteiger partial charge in [-0.1, -0.05) is 31.9 Å². The molecule has 0 aromatic rings. The molecule has 0 saturated heterocycles. The van der Waals surface area contributed by atoms with E-state index in [0.717, 1.165) is 0 Å². The van der Waals surface area contributed by atoms with Crippen molar-refractivity contribution >= 4 is 5.78 Å². The Morgan fingerprint density at radius 1 is 1.24 bits per heavy atom. The van der Waals surface area contributed by atoms with Crippen LogP contribution in [-0.2, 0) is 4.79 Å². The van der Waals surface area contributed by atoms with Gasteiger partial charge in [0, 0.05) is 24.1 Å². The molecule has 0 radical (unpaired) electrons. The lowest BCUT2D eigenvalue weighted by Crippen LogP contribution is -2.05. The van der Waals surface area contributed by atoms with Crippen LogP contribution in [0.4, 0.5) is 0 Å². The summed E-state index contributed by atoms with van der Waals surface area (Å²) in [6, 6.07) is 0. The van der Waals surface area contributed by atoms with Crippen molar-refractivity contribution in [2.24, 2.45) is 0 Å². The second-order valence-corrected chi connectivity index (χ2v) is 3.40. The maximum absolute atomic E-state index is 11.7. The summed E-state index contributed by atoms with van der Waals surface area (Å²) in [5.41, 5.74) is 0.496. The minimum atomic E-state index is -0.552. The van der Waals surface area contributed by atoms with Gasteiger partial charge >= 0.3 is 0 Å². The number of rotatable bonds is 6. The fraction of sp³-hybridized carbons (Fsp3) is 0.154. The molecule has 0 unspecified atom stereocenters. The van der Waals surface area contributed by atoms with Gasteiger partial charge in [-0.15, -0.1) is 0 Å². The highest BCUT2D eigenvalue weighted by Crippen LogP contribution is 2.15. The third-order valence-electron chi connectivity index (χ3n) is 1.99. The summed E-state index contributed by atoms with van der Waals surface area (Å²) >= 11 is 0. The average molecular weight is 233 g/mol. The van der Waals surface area contributed by atoms with Gasteiger partial charge in [0.05, 0.1) is 4.92 Å². The number of hydrogen-bond donors (Lipinski definition) is 0. The topological polar surface area (TPSA) is 60.2 Å². The van der Waals surface area contributed by atoms with Crippen molar-refractivity contribution in [3.8, 4) is 0 Å². The van der Waals surface area contributed by atoms with Gasteiger partial charge in [0.25, 0.3) is 0 Å². The number of allylic oxidation sites excluding steroid dienone is 7. The van der Waals surface area contributed by atoms with E-state index in [1.165, 1.54) is 13.0 Å². The molecule has 0 atom stereocenters. The SMILES string of the molecule is C=C(/C=C\C)C(=O)C(=C)C(=C)/C=C(\C)[N+](=O)[O-]. The number of carbonyl (C=O) groups is 1. The predicted octanol–water partition coefficient (Wildman–Crippen LogP) is 2.98. The number of nitro groups is 1. The van der Waals surface area contributed by atoms with Crippen molar-refractivity contribution in [3.05, 3.63) is 70.5 Å². The summed E-state index contributed by atoms with van der Waals surface area (Å²) in [6.07, 6.45) is 4.43. The Bertz CT molecular complexity index is 453. The lowest BCUT2D eigenvalue weighted by molar-refractivity contribution is -0.424. The predicted molar refractivity (Wildman–Crippen MR) is 68.0 cm³/mol. The highest BCUT2D eigenvalue weighted by atomic mass is 16.6. The number of hydrogen-bond acceptors (Lipinski definition) is 3. The highest BCUT2D eigenvalue weighted by molar-refractivity contribution is 6.12. The molecule has 0 aliphatic carbocycles. The number of Topliss-reactive ketones (excluding diaryl/α,β-unsaturated/α-hetero) is 1. The number of carbonyl (C=O) groups excluding carboxylic acids is 1. The van der Waals surface area contributed by atoms with E-state index in [1.54, 1.807) is 19.1 Å². The molecule has 0 spiro atoms. The largest absolute Gasteiger partial charge is 0.289 e. The molecular weight excluding hydrogens is 218 g/mol. The molecular formula is C13H15NO3. The summed E-state index contributed by atoms with van der Waals surface area (Å²) in [4.78, 5) is 21.6. The summed E-state index contributed by atoms with van der Waals surface area (Å²) in [5.74, 6) is -0.375. The van der Waals surface area contributed by atoms with E-state index in [2.05, 4.69) is 19.7 Å². The molecule has 17 heavy (non-hydrogen) atoms. The van der Waals surface area contributed by atoms with Crippen molar-refractivity contribution in [3.63, 3.8) is 0 Å². The van der Waals surface area contributed by atoms with Crippen LogP contribution in [0.5, 0.6) is 0 Å². The van der Waals surface area contributed by atoms with Crippen molar-refractivity contribution in [1.29, 1.82) is 0 Å². The standard InChI is InChI=1S/C13H15NO3/c1-6-7-9(2)13(15)12(5)10(3)8-11(4)14(16)17/h6-8H,2-3,5H2,1,4H3/b7-6-,11-8+. The first kappa shape index (κ1) is 14.8. The van der Waals surface area contributed by atoms with Crippen LogP contribution in [0.1, 0.15) is 13.8 Å². The second-order valence-electron chi connectivity index (χ2n) is 3.40. The Morgan fingerprint density at radius 3 is 2.18 bits per heavy atom. The van der Waals surface area contributed by atoms with E-state index in [0.29, 0.717) is 0 Å². The van der Waals surface area contributed by atoms with E-state index >= 15 is 0 Å². The minimum absolute atomic E-state index is 0.0967. The maximum atomic E-state index is 11.7. The Labute approximate surface area is 100 Å². The van der Waals surface area contributed by atoms with Crippen LogP contribution in [0.25, 0.3) is 0 Å². The Kier molecular flexibility index (Phi) is 5.54. The summed E-state index contributed by atoms with van der Waals surface area (Å²) < 4.78 is 0. The third-order valence-corrected chi connectivity index (χ3v) is 1.99. The van der Waals surface area contributed by atoms with Crippen molar-refractivity contribution in [2.75, 3.05) is 0 Å². The Morgan fingerprint density at radius 2 is 1.76 bits per heavy atom. The zero-order valence-corrected chi connectivity index (χ0v) is 10.0. The van der Waals surface area contributed by atoms with Crippen LogP contribution in [0.3, 0.4) is 0 Å². The molecule has 0 bridgehead atoms. The fourth-order valence-corrected chi connectivity index (χ4v) is 1.01. The summed E-state index contributed by atoms with van der Waals surface area (Å²) in [5, 5.41) is 10.4. The van der Waals surface area contributed by atoms with Gasteiger partial charge in [-0.3, -0.25) is 14.9 Å². The van der Waals surface area contributed by atoms with E-state index in [4.69, 9.17) is 0 Å². The van der Waals surface area contributed by atoms with E-state index < -0.39 is 4.92 Å². The minimum Gasteiger partial charge on any atom is -0.289 e. The first-order chi connectivity index (χ1) is 7.81.